The van der Waals surface area contributed by atoms with Crippen molar-refractivity contribution in [2.75, 3.05) is 7.11 Å². The Bertz CT molecular complexity index is 339. The second kappa shape index (κ2) is 3.90. The van der Waals surface area contributed by atoms with E-state index in [0.717, 1.165) is 11.3 Å². The molecule has 0 bridgehead atoms. The molecule has 0 radical (unpaired) electrons. The summed E-state index contributed by atoms with van der Waals surface area (Å²) in [5.41, 5.74) is 1.42. The largest absolute Gasteiger partial charge is 0.496 e. The average Bonchev–Trinajstić information content (AvgIpc) is 2.16. The first-order valence-electron chi connectivity index (χ1n) is 4.13. The van der Waals surface area contributed by atoms with Crippen LogP contribution in [0.1, 0.15) is 31.0 Å². The van der Waals surface area contributed by atoms with Gasteiger partial charge in [0.05, 0.1) is 7.11 Å². The summed E-state index contributed by atoms with van der Waals surface area (Å²) in [4.78, 5) is 3.99. The molecule has 1 aromatic rings. The highest BCUT2D eigenvalue weighted by Gasteiger charge is 2.08. The molecule has 3 heteroatoms. The van der Waals surface area contributed by atoms with E-state index in [2.05, 4.69) is 18.8 Å². The summed E-state index contributed by atoms with van der Waals surface area (Å²) in [6, 6.07) is 3.64. The lowest BCUT2D eigenvalue weighted by molar-refractivity contribution is 0.406. The Kier molecular flexibility index (Phi) is 2.86. The Hall–Kier alpha value is -1.56. The van der Waals surface area contributed by atoms with E-state index in [1.807, 2.05) is 6.07 Å². The molecule has 0 atom stereocenters. The number of hydrogen-bond donors (Lipinski definition) is 0. The zero-order valence-corrected chi connectivity index (χ0v) is 8.03. The molecule has 0 saturated heterocycles. The molecule has 0 amide bonds. The smallest absolute Gasteiger partial charge is 0.144 e. The Morgan fingerprint density at radius 3 is 2.69 bits per heavy atom. The minimum absolute atomic E-state index is 0.357. The molecule has 0 aromatic carbocycles. The van der Waals surface area contributed by atoms with Crippen LogP contribution in [0.2, 0.25) is 0 Å². The van der Waals surface area contributed by atoms with E-state index in [1.165, 1.54) is 0 Å². The highest BCUT2D eigenvalue weighted by atomic mass is 16.5. The number of rotatable bonds is 2. The lowest BCUT2D eigenvalue weighted by Gasteiger charge is -2.10. The lowest BCUT2D eigenvalue weighted by atomic mass is 10.0. The van der Waals surface area contributed by atoms with E-state index >= 15 is 0 Å². The lowest BCUT2D eigenvalue weighted by Crippen LogP contribution is -1.96. The maximum Gasteiger partial charge on any atom is 0.144 e. The van der Waals surface area contributed by atoms with E-state index in [1.54, 1.807) is 19.4 Å². The Labute approximate surface area is 78.0 Å². The molecular formula is C10H12N2O. The van der Waals surface area contributed by atoms with Gasteiger partial charge in [0.2, 0.25) is 0 Å². The van der Waals surface area contributed by atoms with Gasteiger partial charge in [-0.3, -0.25) is 0 Å². The molecule has 68 valence electrons. The average molecular weight is 176 g/mol. The van der Waals surface area contributed by atoms with Gasteiger partial charge in [-0.2, -0.15) is 5.26 Å². The summed E-state index contributed by atoms with van der Waals surface area (Å²) < 4.78 is 5.16. The van der Waals surface area contributed by atoms with Gasteiger partial charge in [0.25, 0.3) is 0 Å². The molecule has 1 rings (SSSR count). The van der Waals surface area contributed by atoms with Crippen molar-refractivity contribution in [3.05, 3.63) is 23.5 Å². The molecule has 0 saturated carbocycles. The van der Waals surface area contributed by atoms with Gasteiger partial charge in [0.1, 0.15) is 17.5 Å². The van der Waals surface area contributed by atoms with Crippen LogP contribution in [-0.4, -0.2) is 12.1 Å². The van der Waals surface area contributed by atoms with Gasteiger partial charge in [-0.05, 0) is 5.92 Å². The van der Waals surface area contributed by atoms with Crippen LogP contribution >= 0.6 is 0 Å². The number of hydrogen-bond acceptors (Lipinski definition) is 3. The number of pyridine rings is 1. The van der Waals surface area contributed by atoms with Crippen molar-refractivity contribution in [3.8, 4) is 11.8 Å². The quantitative estimate of drug-likeness (QED) is 0.693. The summed E-state index contributed by atoms with van der Waals surface area (Å²) >= 11 is 0. The first-order chi connectivity index (χ1) is 6.19. The molecule has 13 heavy (non-hydrogen) atoms. The van der Waals surface area contributed by atoms with Crippen LogP contribution < -0.4 is 4.74 Å². The van der Waals surface area contributed by atoms with E-state index in [0.29, 0.717) is 11.6 Å². The van der Waals surface area contributed by atoms with E-state index < -0.39 is 0 Å². The van der Waals surface area contributed by atoms with Gasteiger partial charge in [0.15, 0.2) is 0 Å². The predicted octanol–water partition coefficient (Wildman–Crippen LogP) is 2.09. The van der Waals surface area contributed by atoms with E-state index in [4.69, 9.17) is 10.00 Å². The molecule has 0 fully saturated rings. The highest BCUT2D eigenvalue weighted by Crippen LogP contribution is 2.25. The molecule has 0 aliphatic heterocycles. The maximum atomic E-state index is 8.62. The van der Waals surface area contributed by atoms with Gasteiger partial charge in [-0.15, -0.1) is 0 Å². The number of nitrogens with zero attached hydrogens (tertiary/aromatic N) is 2. The van der Waals surface area contributed by atoms with Crippen LogP contribution in [0.15, 0.2) is 12.3 Å². The molecule has 0 aliphatic rings. The predicted molar refractivity (Wildman–Crippen MR) is 49.6 cm³/mol. The fourth-order valence-corrected chi connectivity index (χ4v) is 1.12. The summed E-state index contributed by atoms with van der Waals surface area (Å²) in [6.07, 6.45) is 1.70. The first kappa shape index (κ1) is 9.53. The normalized spacial score (nSPS) is 9.77. The van der Waals surface area contributed by atoms with E-state index in [9.17, 15) is 0 Å². The van der Waals surface area contributed by atoms with Crippen molar-refractivity contribution >= 4 is 0 Å². The number of methoxy groups -OCH3 is 1. The second-order valence-corrected chi connectivity index (χ2v) is 3.08. The third-order valence-corrected chi connectivity index (χ3v) is 1.85. The zero-order valence-electron chi connectivity index (χ0n) is 8.03. The van der Waals surface area contributed by atoms with Crippen molar-refractivity contribution in [3.63, 3.8) is 0 Å². The first-order valence-corrected chi connectivity index (χ1v) is 4.13. The van der Waals surface area contributed by atoms with Crippen LogP contribution in [-0.2, 0) is 0 Å². The van der Waals surface area contributed by atoms with Crippen molar-refractivity contribution in [2.45, 2.75) is 19.8 Å². The minimum atomic E-state index is 0.357. The molecule has 0 spiro atoms. The number of nitriles is 1. The number of aromatic nitrogens is 1. The summed E-state index contributed by atoms with van der Waals surface area (Å²) in [5.74, 6) is 1.09. The second-order valence-electron chi connectivity index (χ2n) is 3.08. The molecular weight excluding hydrogens is 164 g/mol. The van der Waals surface area contributed by atoms with Crippen LogP contribution in [0, 0.1) is 11.3 Å². The van der Waals surface area contributed by atoms with Gasteiger partial charge in [0, 0.05) is 17.8 Å². The molecule has 0 N–H and O–H groups in total. The fourth-order valence-electron chi connectivity index (χ4n) is 1.12. The van der Waals surface area contributed by atoms with Crippen LogP contribution in [0.4, 0.5) is 0 Å². The van der Waals surface area contributed by atoms with Crippen LogP contribution in [0.3, 0.4) is 0 Å². The Balaban J connectivity index is 3.17. The van der Waals surface area contributed by atoms with Gasteiger partial charge < -0.3 is 4.74 Å². The van der Waals surface area contributed by atoms with Crippen molar-refractivity contribution in [1.29, 1.82) is 5.26 Å². The van der Waals surface area contributed by atoms with Crippen molar-refractivity contribution in [1.82, 2.24) is 4.98 Å². The van der Waals surface area contributed by atoms with Crippen LogP contribution in [0.5, 0.6) is 5.75 Å². The third kappa shape index (κ3) is 1.97. The maximum absolute atomic E-state index is 8.62. The monoisotopic (exact) mass is 176 g/mol. The summed E-state index contributed by atoms with van der Waals surface area (Å²) in [5, 5.41) is 8.62. The topological polar surface area (TPSA) is 45.9 Å². The molecule has 3 nitrogen and oxygen atoms in total. The SMILES string of the molecule is COc1cc(C#N)ncc1C(C)C. The molecule has 0 aliphatic carbocycles. The van der Waals surface area contributed by atoms with Crippen LogP contribution in [0.25, 0.3) is 0 Å². The summed E-state index contributed by atoms with van der Waals surface area (Å²) in [7, 11) is 1.60. The van der Waals surface area contributed by atoms with E-state index in [-0.39, 0.29) is 0 Å². The Morgan fingerprint density at radius 1 is 1.54 bits per heavy atom. The number of ether oxygens (including phenoxy) is 1. The molecule has 1 aromatic heterocycles. The third-order valence-electron chi connectivity index (χ3n) is 1.85. The fraction of sp³-hybridized carbons (Fsp3) is 0.400. The summed E-state index contributed by atoms with van der Waals surface area (Å²) in [6.45, 7) is 4.12. The van der Waals surface area contributed by atoms with Gasteiger partial charge in [-0.25, -0.2) is 4.98 Å². The van der Waals surface area contributed by atoms with Gasteiger partial charge in [-0.1, -0.05) is 13.8 Å². The van der Waals surface area contributed by atoms with Crippen molar-refractivity contribution in [2.24, 2.45) is 0 Å². The minimum Gasteiger partial charge on any atom is -0.496 e. The zero-order chi connectivity index (χ0) is 9.84. The van der Waals surface area contributed by atoms with Crippen molar-refractivity contribution < 1.29 is 4.74 Å². The molecule has 1 heterocycles. The molecule has 0 unspecified atom stereocenters. The highest BCUT2D eigenvalue weighted by molar-refractivity contribution is 5.38. The Morgan fingerprint density at radius 2 is 2.23 bits per heavy atom. The van der Waals surface area contributed by atoms with Gasteiger partial charge >= 0.3 is 0 Å². The standard InChI is InChI=1S/C10H12N2O/c1-7(2)9-6-12-8(5-11)4-10(9)13-3/h4,6-7H,1-3H3.